The first-order chi connectivity index (χ1) is 3.18. The highest BCUT2D eigenvalue weighted by Gasteiger charge is 1.96. The van der Waals surface area contributed by atoms with Crippen molar-refractivity contribution in [2.24, 2.45) is 0 Å². The van der Waals surface area contributed by atoms with Gasteiger partial charge in [0.25, 0.3) is 0 Å². The number of carbonyl (C=O) groups is 1. The van der Waals surface area contributed by atoms with Crippen LogP contribution < -0.4 is 0 Å². The second-order valence-electron chi connectivity index (χ2n) is 1.16. The van der Waals surface area contributed by atoms with Crippen LogP contribution in [0.15, 0.2) is 12.2 Å². The van der Waals surface area contributed by atoms with Crippen LogP contribution in [0, 0.1) is 0 Å². The van der Waals surface area contributed by atoms with Crippen molar-refractivity contribution in [2.45, 2.75) is 6.92 Å². The van der Waals surface area contributed by atoms with Crippen molar-refractivity contribution in [1.29, 1.82) is 0 Å². The summed E-state index contributed by atoms with van der Waals surface area (Å²) in [6.07, 6.45) is 0. The van der Waals surface area contributed by atoms with E-state index in [1.165, 1.54) is 0 Å². The Bertz CT molecular complexity index is 97.9. The molecule has 0 amide bonds. The highest BCUT2D eigenvalue weighted by atomic mass is 32.1. The molecule has 0 radical (unpaired) electrons. The Hall–Kier alpha value is -0.440. The molecule has 0 heterocycles. The molecule has 2 nitrogen and oxygen atoms in total. The maximum absolute atomic E-state index is 10.1. The van der Waals surface area contributed by atoms with E-state index in [1.54, 1.807) is 6.92 Å². The van der Waals surface area contributed by atoms with Crippen LogP contribution in [0.4, 0.5) is 0 Å². The summed E-state index contributed by atoms with van der Waals surface area (Å²) in [7, 11) is 0. The molecule has 0 N–H and O–H groups in total. The lowest BCUT2D eigenvalue weighted by Crippen LogP contribution is -1.95. The Morgan fingerprint density at radius 2 is 2.29 bits per heavy atom. The maximum Gasteiger partial charge on any atom is 0.344 e. The molecular weight excluding hydrogens is 112 g/mol. The molecule has 0 aliphatic heterocycles. The first-order valence-electron chi connectivity index (χ1n) is 1.69. The lowest BCUT2D eigenvalue weighted by Gasteiger charge is -1.89. The predicted molar refractivity (Wildman–Crippen MR) is 29.9 cm³/mol. The average molecular weight is 118 g/mol. The number of carbonyl (C=O) groups excluding carboxylic acids is 1. The zero-order valence-electron chi connectivity index (χ0n) is 3.97. The Labute approximate surface area is 47.8 Å². The van der Waals surface area contributed by atoms with Crippen LogP contribution in [0.5, 0.6) is 0 Å². The van der Waals surface area contributed by atoms with Gasteiger partial charge in [-0.15, -0.1) is 0 Å². The van der Waals surface area contributed by atoms with E-state index in [2.05, 4.69) is 23.7 Å². The zero-order valence-corrected chi connectivity index (χ0v) is 4.87. The standard InChI is InChI=1S/C4H6O2S/c1-3(2)4(5)6-7/h7H,1H2,2H3. The molecular formula is C4H6O2S. The van der Waals surface area contributed by atoms with Crippen molar-refractivity contribution < 1.29 is 8.98 Å². The van der Waals surface area contributed by atoms with Gasteiger partial charge in [0.2, 0.25) is 0 Å². The summed E-state index contributed by atoms with van der Waals surface area (Å²) in [5.41, 5.74) is 0.356. The van der Waals surface area contributed by atoms with Gasteiger partial charge in [-0.25, -0.2) is 4.79 Å². The van der Waals surface area contributed by atoms with E-state index in [0.29, 0.717) is 5.57 Å². The van der Waals surface area contributed by atoms with Gasteiger partial charge >= 0.3 is 5.97 Å². The molecule has 0 aromatic heterocycles. The first-order valence-corrected chi connectivity index (χ1v) is 2.06. The molecule has 0 rings (SSSR count). The van der Waals surface area contributed by atoms with Crippen molar-refractivity contribution in [1.82, 2.24) is 0 Å². The number of hydrogen-bond donors (Lipinski definition) is 1. The number of thiol groups is 1. The summed E-state index contributed by atoms with van der Waals surface area (Å²) >= 11 is 3.24. The normalized spacial score (nSPS) is 7.71. The molecule has 0 saturated heterocycles. The van der Waals surface area contributed by atoms with Gasteiger partial charge in [-0.3, -0.25) is 0 Å². The minimum Gasteiger partial charge on any atom is -0.391 e. The second kappa shape index (κ2) is 2.69. The molecule has 0 fully saturated rings. The Morgan fingerprint density at radius 1 is 1.86 bits per heavy atom. The fraction of sp³-hybridized carbons (Fsp3) is 0.250. The summed E-state index contributed by atoms with van der Waals surface area (Å²) in [4.78, 5) is 10.1. The number of hydrogen-bond acceptors (Lipinski definition) is 3. The predicted octanol–water partition coefficient (Wildman–Crippen LogP) is 0.950. The fourth-order valence-electron chi connectivity index (χ4n) is 0.0779. The third-order valence-corrected chi connectivity index (χ3v) is 0.597. The third kappa shape index (κ3) is 2.28. The molecule has 0 spiro atoms. The molecule has 7 heavy (non-hydrogen) atoms. The van der Waals surface area contributed by atoms with Crippen molar-refractivity contribution in [2.75, 3.05) is 0 Å². The monoisotopic (exact) mass is 118 g/mol. The highest BCUT2D eigenvalue weighted by molar-refractivity contribution is 7.75. The van der Waals surface area contributed by atoms with Crippen LogP contribution in [0.3, 0.4) is 0 Å². The summed E-state index contributed by atoms with van der Waals surface area (Å²) in [5.74, 6) is -0.483. The van der Waals surface area contributed by atoms with Crippen molar-refractivity contribution in [3.05, 3.63) is 12.2 Å². The SMILES string of the molecule is C=C(C)C(=O)OS. The highest BCUT2D eigenvalue weighted by Crippen LogP contribution is 1.91. The molecule has 3 heteroatoms. The van der Waals surface area contributed by atoms with Crippen molar-refractivity contribution >= 4 is 18.9 Å². The van der Waals surface area contributed by atoms with Crippen LogP contribution in [0.2, 0.25) is 0 Å². The van der Waals surface area contributed by atoms with E-state index in [0.717, 1.165) is 0 Å². The fourth-order valence-corrected chi connectivity index (χ4v) is 0.234. The van der Waals surface area contributed by atoms with E-state index in [9.17, 15) is 4.79 Å². The smallest absolute Gasteiger partial charge is 0.344 e. The van der Waals surface area contributed by atoms with Crippen molar-refractivity contribution in [3.8, 4) is 0 Å². The van der Waals surface area contributed by atoms with E-state index in [4.69, 9.17) is 0 Å². The minimum atomic E-state index is -0.483. The Balaban J connectivity index is 3.58. The van der Waals surface area contributed by atoms with Gasteiger partial charge in [0.1, 0.15) is 0 Å². The van der Waals surface area contributed by atoms with Crippen LogP contribution in [0.1, 0.15) is 6.92 Å². The molecule has 0 aromatic carbocycles. The quantitative estimate of drug-likeness (QED) is 0.315. The first kappa shape index (κ1) is 6.56. The molecule has 0 aromatic rings. The Kier molecular flexibility index (Phi) is 2.52. The molecule has 0 bridgehead atoms. The van der Waals surface area contributed by atoms with E-state index >= 15 is 0 Å². The van der Waals surface area contributed by atoms with Gasteiger partial charge in [-0.2, -0.15) is 0 Å². The zero-order chi connectivity index (χ0) is 5.86. The Morgan fingerprint density at radius 3 is 2.29 bits per heavy atom. The van der Waals surface area contributed by atoms with Gasteiger partial charge < -0.3 is 4.18 Å². The average Bonchev–Trinajstić information content (AvgIpc) is 1.65. The van der Waals surface area contributed by atoms with Crippen LogP contribution in [-0.4, -0.2) is 5.97 Å². The third-order valence-electron chi connectivity index (χ3n) is 0.431. The van der Waals surface area contributed by atoms with E-state index in [1.807, 2.05) is 0 Å². The molecule has 0 atom stereocenters. The number of rotatable bonds is 1. The van der Waals surface area contributed by atoms with Crippen LogP contribution in [0.25, 0.3) is 0 Å². The lowest BCUT2D eigenvalue weighted by molar-refractivity contribution is -0.128. The van der Waals surface area contributed by atoms with Gasteiger partial charge in [-0.1, -0.05) is 6.58 Å². The largest absolute Gasteiger partial charge is 0.391 e. The van der Waals surface area contributed by atoms with Gasteiger partial charge in [0, 0.05) is 18.5 Å². The summed E-state index contributed by atoms with van der Waals surface area (Å²) in [6, 6.07) is 0. The molecule has 0 saturated carbocycles. The van der Waals surface area contributed by atoms with Crippen molar-refractivity contribution in [3.63, 3.8) is 0 Å². The molecule has 0 aliphatic carbocycles. The molecule has 0 aliphatic rings. The molecule has 0 unspecified atom stereocenters. The molecule has 40 valence electrons. The lowest BCUT2D eigenvalue weighted by atomic mass is 10.4. The maximum atomic E-state index is 10.1. The summed E-state index contributed by atoms with van der Waals surface area (Å²) < 4.78 is 3.97. The van der Waals surface area contributed by atoms with E-state index < -0.39 is 5.97 Å². The van der Waals surface area contributed by atoms with Gasteiger partial charge in [0.05, 0.1) is 0 Å². The minimum absolute atomic E-state index is 0.356. The van der Waals surface area contributed by atoms with Gasteiger partial charge in [0.15, 0.2) is 0 Å². The van der Waals surface area contributed by atoms with Crippen LogP contribution in [-0.2, 0) is 8.98 Å². The topological polar surface area (TPSA) is 26.3 Å². The van der Waals surface area contributed by atoms with Gasteiger partial charge in [-0.05, 0) is 6.92 Å². The summed E-state index contributed by atoms with van der Waals surface area (Å²) in [6.45, 7) is 4.86. The van der Waals surface area contributed by atoms with E-state index in [-0.39, 0.29) is 0 Å². The van der Waals surface area contributed by atoms with Crippen LogP contribution >= 0.6 is 12.9 Å². The summed E-state index contributed by atoms with van der Waals surface area (Å²) in [5, 5.41) is 0. The second-order valence-corrected chi connectivity index (χ2v) is 1.34.